The Kier molecular flexibility index (Phi) is 4.57. The number of nitrogens with zero attached hydrogens (tertiary/aromatic N) is 1. The Morgan fingerprint density at radius 1 is 1.43 bits per heavy atom. The topological polar surface area (TPSA) is 65.7 Å². The molecule has 3 rings (SSSR count). The van der Waals surface area contributed by atoms with E-state index < -0.39 is 6.10 Å². The quantitative estimate of drug-likeness (QED) is 0.859. The van der Waals surface area contributed by atoms with Crippen molar-refractivity contribution in [1.82, 2.24) is 10.2 Å². The molecule has 0 saturated heterocycles. The summed E-state index contributed by atoms with van der Waals surface area (Å²) in [6.07, 6.45) is 2.39. The number of urea groups is 1. The second-order valence-electron chi connectivity index (χ2n) is 6.51. The van der Waals surface area contributed by atoms with Crippen LogP contribution >= 0.6 is 0 Å². The zero-order valence-corrected chi connectivity index (χ0v) is 13.7. The van der Waals surface area contributed by atoms with Gasteiger partial charge in [-0.15, -0.1) is 0 Å². The van der Waals surface area contributed by atoms with Crippen molar-refractivity contribution in [3.8, 4) is 0 Å². The van der Waals surface area contributed by atoms with E-state index in [9.17, 15) is 9.90 Å². The van der Waals surface area contributed by atoms with Gasteiger partial charge in [-0.05, 0) is 44.2 Å². The molecular formula is C18H24N2O3. The first-order valence-electron chi connectivity index (χ1n) is 8.23. The fourth-order valence-electron chi connectivity index (χ4n) is 2.73. The van der Waals surface area contributed by atoms with Crippen LogP contribution in [0.3, 0.4) is 0 Å². The van der Waals surface area contributed by atoms with Gasteiger partial charge in [-0.3, -0.25) is 0 Å². The Bertz CT molecular complexity index is 643. The molecule has 23 heavy (non-hydrogen) atoms. The SMILES string of the molecule is CC(O)CCN(C)C(=O)NC(c1cc2ccccc2o1)C1CC1. The van der Waals surface area contributed by atoms with Gasteiger partial charge < -0.3 is 19.7 Å². The van der Waals surface area contributed by atoms with Crippen molar-refractivity contribution < 1.29 is 14.3 Å². The Morgan fingerprint density at radius 2 is 2.17 bits per heavy atom. The summed E-state index contributed by atoms with van der Waals surface area (Å²) >= 11 is 0. The van der Waals surface area contributed by atoms with Gasteiger partial charge in [0, 0.05) is 19.0 Å². The van der Waals surface area contributed by atoms with E-state index in [0.717, 1.165) is 29.6 Å². The number of carbonyl (C=O) groups is 1. The molecular weight excluding hydrogens is 292 g/mol. The molecule has 2 amide bonds. The van der Waals surface area contributed by atoms with Gasteiger partial charge in [0.2, 0.25) is 0 Å². The van der Waals surface area contributed by atoms with E-state index in [4.69, 9.17) is 4.42 Å². The van der Waals surface area contributed by atoms with Crippen LogP contribution in [0.2, 0.25) is 0 Å². The van der Waals surface area contributed by atoms with Crippen molar-refractivity contribution in [2.45, 2.75) is 38.3 Å². The Balaban J connectivity index is 1.70. The van der Waals surface area contributed by atoms with Crippen molar-refractivity contribution >= 4 is 17.0 Å². The van der Waals surface area contributed by atoms with Crippen molar-refractivity contribution in [2.75, 3.05) is 13.6 Å². The van der Waals surface area contributed by atoms with Gasteiger partial charge in [-0.1, -0.05) is 18.2 Å². The van der Waals surface area contributed by atoms with E-state index >= 15 is 0 Å². The smallest absolute Gasteiger partial charge is 0.317 e. The van der Waals surface area contributed by atoms with Gasteiger partial charge in [0.15, 0.2) is 0 Å². The average molecular weight is 316 g/mol. The van der Waals surface area contributed by atoms with Gasteiger partial charge >= 0.3 is 6.03 Å². The van der Waals surface area contributed by atoms with Crippen LogP contribution in [0.5, 0.6) is 0 Å². The third-order valence-corrected chi connectivity index (χ3v) is 4.35. The molecule has 0 aliphatic heterocycles. The molecule has 5 nitrogen and oxygen atoms in total. The predicted molar refractivity (Wildman–Crippen MR) is 89.1 cm³/mol. The molecule has 1 heterocycles. The first kappa shape index (κ1) is 15.9. The maximum Gasteiger partial charge on any atom is 0.317 e. The molecule has 1 aliphatic carbocycles. The minimum atomic E-state index is -0.403. The number of aliphatic hydroxyl groups is 1. The molecule has 5 heteroatoms. The highest BCUT2D eigenvalue weighted by Crippen LogP contribution is 2.42. The molecule has 1 aromatic heterocycles. The monoisotopic (exact) mass is 316 g/mol. The largest absolute Gasteiger partial charge is 0.459 e. The van der Waals surface area contributed by atoms with Crippen molar-refractivity contribution in [2.24, 2.45) is 5.92 Å². The molecule has 1 aromatic carbocycles. The van der Waals surface area contributed by atoms with Crippen LogP contribution in [-0.2, 0) is 0 Å². The Hall–Kier alpha value is -2.01. The number of nitrogens with one attached hydrogen (secondary N) is 1. The highest BCUT2D eigenvalue weighted by atomic mass is 16.3. The van der Waals surface area contributed by atoms with E-state index in [0.29, 0.717) is 18.9 Å². The molecule has 0 spiro atoms. The highest BCUT2D eigenvalue weighted by Gasteiger charge is 2.36. The summed E-state index contributed by atoms with van der Waals surface area (Å²) < 4.78 is 5.94. The Morgan fingerprint density at radius 3 is 2.83 bits per heavy atom. The molecule has 124 valence electrons. The third-order valence-electron chi connectivity index (χ3n) is 4.35. The van der Waals surface area contributed by atoms with Gasteiger partial charge in [0.25, 0.3) is 0 Å². The molecule has 0 radical (unpaired) electrons. The highest BCUT2D eigenvalue weighted by molar-refractivity contribution is 5.78. The van der Waals surface area contributed by atoms with Gasteiger partial charge in [-0.25, -0.2) is 4.79 Å². The van der Waals surface area contributed by atoms with Gasteiger partial charge in [0.05, 0.1) is 12.1 Å². The number of fused-ring (bicyclic) bond motifs is 1. The summed E-state index contributed by atoms with van der Waals surface area (Å²) in [5.41, 5.74) is 0.852. The Labute approximate surface area is 136 Å². The summed E-state index contributed by atoms with van der Waals surface area (Å²) in [4.78, 5) is 14.0. The second kappa shape index (κ2) is 6.62. The number of furan rings is 1. The summed E-state index contributed by atoms with van der Waals surface area (Å²) in [6, 6.07) is 9.71. The minimum absolute atomic E-state index is 0.0797. The summed E-state index contributed by atoms with van der Waals surface area (Å²) in [5, 5.41) is 13.5. The van der Waals surface area contributed by atoms with Gasteiger partial charge in [0.1, 0.15) is 11.3 Å². The molecule has 1 fully saturated rings. The third kappa shape index (κ3) is 3.85. The first-order valence-corrected chi connectivity index (χ1v) is 8.23. The minimum Gasteiger partial charge on any atom is -0.459 e. The molecule has 2 N–H and O–H groups in total. The van der Waals surface area contributed by atoms with Crippen molar-refractivity contribution in [3.63, 3.8) is 0 Å². The molecule has 2 aromatic rings. The summed E-state index contributed by atoms with van der Waals surface area (Å²) in [5.74, 6) is 1.27. The molecule has 2 unspecified atom stereocenters. The van der Waals surface area contributed by atoms with Crippen LogP contribution in [0.15, 0.2) is 34.7 Å². The first-order chi connectivity index (χ1) is 11.0. The van der Waals surface area contributed by atoms with Crippen LogP contribution in [-0.4, -0.2) is 35.7 Å². The fraction of sp³-hybridized carbons (Fsp3) is 0.500. The maximum absolute atomic E-state index is 12.4. The fourth-order valence-corrected chi connectivity index (χ4v) is 2.73. The number of carbonyl (C=O) groups excluding carboxylic acids is 1. The number of benzene rings is 1. The number of hydrogen-bond donors (Lipinski definition) is 2. The standard InChI is InChI=1S/C18H24N2O3/c1-12(21)9-10-20(2)18(22)19-17(13-7-8-13)16-11-14-5-3-4-6-15(14)23-16/h3-6,11-13,17,21H,7-10H2,1-2H3,(H,19,22). The molecule has 1 saturated carbocycles. The predicted octanol–water partition coefficient (Wildman–Crippen LogP) is 3.30. The molecule has 0 bridgehead atoms. The molecule has 2 atom stereocenters. The van der Waals surface area contributed by atoms with E-state index in [1.807, 2.05) is 30.3 Å². The van der Waals surface area contributed by atoms with Crippen LogP contribution in [0.25, 0.3) is 11.0 Å². The molecule has 1 aliphatic rings. The van der Waals surface area contributed by atoms with E-state index in [2.05, 4.69) is 5.32 Å². The lowest BCUT2D eigenvalue weighted by Crippen LogP contribution is -2.41. The van der Waals surface area contributed by atoms with Crippen LogP contribution < -0.4 is 5.32 Å². The maximum atomic E-state index is 12.4. The zero-order chi connectivity index (χ0) is 16.4. The van der Waals surface area contributed by atoms with Crippen LogP contribution in [0.4, 0.5) is 4.79 Å². The summed E-state index contributed by atoms with van der Waals surface area (Å²) in [7, 11) is 1.75. The summed E-state index contributed by atoms with van der Waals surface area (Å²) in [6.45, 7) is 2.26. The average Bonchev–Trinajstić information content (AvgIpc) is 3.27. The number of para-hydroxylation sites is 1. The van der Waals surface area contributed by atoms with E-state index in [1.54, 1.807) is 18.9 Å². The van der Waals surface area contributed by atoms with Gasteiger partial charge in [-0.2, -0.15) is 0 Å². The van der Waals surface area contributed by atoms with E-state index in [1.165, 1.54) is 0 Å². The lowest BCUT2D eigenvalue weighted by atomic mass is 10.1. The van der Waals surface area contributed by atoms with Crippen LogP contribution in [0.1, 0.15) is 38.0 Å². The van der Waals surface area contributed by atoms with Crippen molar-refractivity contribution in [3.05, 3.63) is 36.1 Å². The second-order valence-corrected chi connectivity index (χ2v) is 6.51. The van der Waals surface area contributed by atoms with E-state index in [-0.39, 0.29) is 12.1 Å². The lowest BCUT2D eigenvalue weighted by Gasteiger charge is -2.23. The zero-order valence-electron chi connectivity index (χ0n) is 13.7. The number of aliphatic hydroxyl groups excluding tert-OH is 1. The van der Waals surface area contributed by atoms with Crippen molar-refractivity contribution in [1.29, 1.82) is 0 Å². The lowest BCUT2D eigenvalue weighted by molar-refractivity contribution is 0.161. The van der Waals surface area contributed by atoms with Crippen LogP contribution in [0, 0.1) is 5.92 Å². The normalized spacial score (nSPS) is 17.0. The number of amides is 2. The number of rotatable bonds is 6. The number of hydrogen-bond acceptors (Lipinski definition) is 3.